The second-order valence-corrected chi connectivity index (χ2v) is 7.32. The summed E-state index contributed by atoms with van der Waals surface area (Å²) in [6, 6.07) is 8.01. The van der Waals surface area contributed by atoms with Crippen LogP contribution in [0.5, 0.6) is 0 Å². The molecule has 3 N–H and O–H groups in total. The first-order valence-electron chi connectivity index (χ1n) is 8.98. The maximum atomic E-state index is 12.5. The Hall–Kier alpha value is -1.43. The van der Waals surface area contributed by atoms with E-state index in [-0.39, 0.29) is 11.9 Å². The molecule has 134 valence electrons. The van der Waals surface area contributed by atoms with E-state index in [1.807, 2.05) is 18.2 Å². The number of carbonyl (C=O) groups is 1. The number of benzene rings is 1. The number of nitrogens with one attached hydrogen (secondary N) is 1. The molecule has 24 heavy (non-hydrogen) atoms. The molecule has 0 spiro atoms. The van der Waals surface area contributed by atoms with Crippen LogP contribution < -0.4 is 11.1 Å². The molecular weight excluding hydrogens is 300 g/mol. The lowest BCUT2D eigenvalue weighted by atomic mass is 10.0. The van der Waals surface area contributed by atoms with E-state index >= 15 is 0 Å². The van der Waals surface area contributed by atoms with Crippen LogP contribution in [0, 0.1) is 5.92 Å². The number of nitrogens with two attached hydrogens (primary N) is 1. The van der Waals surface area contributed by atoms with Gasteiger partial charge in [-0.15, -0.1) is 0 Å². The van der Waals surface area contributed by atoms with E-state index in [4.69, 9.17) is 5.73 Å². The average molecular weight is 332 g/mol. The number of likely N-dealkylation sites (N-methyl/N-ethyl adjacent to an activating group) is 1. The Labute approximate surface area is 146 Å². The van der Waals surface area contributed by atoms with Gasteiger partial charge in [-0.2, -0.15) is 0 Å². The molecule has 1 saturated heterocycles. The van der Waals surface area contributed by atoms with Crippen molar-refractivity contribution >= 4 is 5.91 Å². The average Bonchev–Trinajstić information content (AvgIpc) is 2.56. The molecule has 1 atom stereocenters. The lowest BCUT2D eigenvalue weighted by molar-refractivity contribution is 0.0933. The summed E-state index contributed by atoms with van der Waals surface area (Å²) in [5.41, 5.74) is 7.71. The summed E-state index contributed by atoms with van der Waals surface area (Å²) < 4.78 is 0. The maximum Gasteiger partial charge on any atom is 0.251 e. The highest BCUT2D eigenvalue weighted by atomic mass is 16.1. The number of piperazine rings is 1. The highest BCUT2D eigenvalue weighted by molar-refractivity contribution is 5.94. The molecule has 5 heteroatoms. The molecule has 1 aliphatic rings. The lowest BCUT2D eigenvalue weighted by Gasteiger charge is -2.32. The molecule has 0 aromatic heterocycles. The number of amides is 1. The first-order chi connectivity index (χ1) is 11.5. The van der Waals surface area contributed by atoms with Crippen molar-refractivity contribution in [1.29, 1.82) is 0 Å². The van der Waals surface area contributed by atoms with Crippen LogP contribution >= 0.6 is 0 Å². The van der Waals surface area contributed by atoms with Crippen molar-refractivity contribution < 1.29 is 4.79 Å². The van der Waals surface area contributed by atoms with Gasteiger partial charge in [-0.3, -0.25) is 9.69 Å². The van der Waals surface area contributed by atoms with Gasteiger partial charge in [-0.25, -0.2) is 0 Å². The molecule has 0 saturated carbocycles. The molecule has 0 aliphatic carbocycles. The highest BCUT2D eigenvalue weighted by Crippen LogP contribution is 2.11. The normalized spacial score (nSPS) is 17.9. The van der Waals surface area contributed by atoms with E-state index in [0.717, 1.165) is 44.7 Å². The van der Waals surface area contributed by atoms with Gasteiger partial charge < -0.3 is 16.0 Å². The van der Waals surface area contributed by atoms with Crippen LogP contribution in [0.25, 0.3) is 0 Å². The Balaban J connectivity index is 1.94. The molecule has 5 nitrogen and oxygen atoms in total. The highest BCUT2D eigenvalue weighted by Gasteiger charge is 2.16. The standard InChI is InChI=1S/C19H32N4O/c1-15(2)11-18(13-20)21-19(24)17-6-4-5-16(12-17)14-23-9-7-22(3)8-10-23/h4-6,12,15,18H,7-11,13-14,20H2,1-3H3,(H,21,24). The van der Waals surface area contributed by atoms with Gasteiger partial charge in [0, 0.05) is 50.9 Å². The van der Waals surface area contributed by atoms with E-state index in [1.165, 1.54) is 5.56 Å². The third-order valence-corrected chi connectivity index (χ3v) is 4.57. The predicted octanol–water partition coefficient (Wildman–Crippen LogP) is 1.54. The van der Waals surface area contributed by atoms with Crippen LogP contribution in [0.4, 0.5) is 0 Å². The second kappa shape index (κ2) is 9.16. The Morgan fingerprint density at radius 3 is 2.58 bits per heavy atom. The molecule has 1 unspecified atom stereocenters. The van der Waals surface area contributed by atoms with Gasteiger partial charge in [-0.1, -0.05) is 26.0 Å². The number of rotatable bonds is 7. The second-order valence-electron chi connectivity index (χ2n) is 7.32. The van der Waals surface area contributed by atoms with Crippen LogP contribution in [-0.4, -0.2) is 61.5 Å². The van der Waals surface area contributed by atoms with Gasteiger partial charge in [0.2, 0.25) is 0 Å². The summed E-state index contributed by atoms with van der Waals surface area (Å²) >= 11 is 0. The van der Waals surface area contributed by atoms with Gasteiger partial charge in [0.1, 0.15) is 0 Å². The Morgan fingerprint density at radius 2 is 1.96 bits per heavy atom. The van der Waals surface area contributed by atoms with Crippen molar-refractivity contribution in [2.45, 2.75) is 32.9 Å². The van der Waals surface area contributed by atoms with Crippen LogP contribution in [0.15, 0.2) is 24.3 Å². The third kappa shape index (κ3) is 5.89. The van der Waals surface area contributed by atoms with E-state index in [2.05, 4.69) is 42.1 Å². The van der Waals surface area contributed by atoms with Gasteiger partial charge in [0.15, 0.2) is 0 Å². The summed E-state index contributed by atoms with van der Waals surface area (Å²) in [6.07, 6.45) is 0.906. The minimum Gasteiger partial charge on any atom is -0.348 e. The molecule has 1 fully saturated rings. The first kappa shape index (κ1) is 18.9. The largest absolute Gasteiger partial charge is 0.348 e. The zero-order chi connectivity index (χ0) is 17.5. The molecule has 1 aliphatic heterocycles. The van der Waals surface area contributed by atoms with E-state index in [9.17, 15) is 4.79 Å². The van der Waals surface area contributed by atoms with Crippen molar-refractivity contribution in [3.05, 3.63) is 35.4 Å². The van der Waals surface area contributed by atoms with Crippen LogP contribution in [0.1, 0.15) is 36.2 Å². The zero-order valence-corrected chi connectivity index (χ0v) is 15.3. The molecule has 1 aromatic rings. The van der Waals surface area contributed by atoms with Crippen LogP contribution in [0.3, 0.4) is 0 Å². The predicted molar refractivity (Wildman–Crippen MR) is 99.0 cm³/mol. The molecule has 1 aromatic carbocycles. The van der Waals surface area contributed by atoms with E-state index < -0.39 is 0 Å². The SMILES string of the molecule is CC(C)CC(CN)NC(=O)c1cccc(CN2CCN(C)CC2)c1. The van der Waals surface area contributed by atoms with Crippen molar-refractivity contribution in [3.63, 3.8) is 0 Å². The van der Waals surface area contributed by atoms with Crippen LogP contribution in [0.2, 0.25) is 0 Å². The number of nitrogens with zero attached hydrogens (tertiary/aromatic N) is 2. The van der Waals surface area contributed by atoms with Gasteiger partial charge in [0.05, 0.1) is 0 Å². The minimum atomic E-state index is -0.0219. The molecule has 0 bridgehead atoms. The third-order valence-electron chi connectivity index (χ3n) is 4.57. The Kier molecular flexibility index (Phi) is 7.21. The lowest BCUT2D eigenvalue weighted by Crippen LogP contribution is -2.44. The van der Waals surface area contributed by atoms with E-state index in [1.54, 1.807) is 0 Å². The Morgan fingerprint density at radius 1 is 1.25 bits per heavy atom. The summed E-state index contributed by atoms with van der Waals surface area (Å²) in [6.45, 7) is 10.0. The fourth-order valence-electron chi connectivity index (χ4n) is 3.13. The molecular formula is C19H32N4O. The monoisotopic (exact) mass is 332 g/mol. The van der Waals surface area contributed by atoms with Gasteiger partial charge >= 0.3 is 0 Å². The smallest absolute Gasteiger partial charge is 0.251 e. The molecule has 1 amide bonds. The molecule has 0 radical (unpaired) electrons. The minimum absolute atomic E-state index is 0.0219. The zero-order valence-electron chi connectivity index (χ0n) is 15.3. The number of hydrogen-bond donors (Lipinski definition) is 2. The number of carbonyl (C=O) groups excluding carboxylic acids is 1. The van der Waals surface area contributed by atoms with Crippen molar-refractivity contribution in [3.8, 4) is 0 Å². The Bertz CT molecular complexity index is 524. The fraction of sp³-hybridized carbons (Fsp3) is 0.632. The first-order valence-corrected chi connectivity index (χ1v) is 8.98. The molecule has 2 rings (SSSR count). The number of hydrogen-bond acceptors (Lipinski definition) is 4. The quantitative estimate of drug-likeness (QED) is 0.795. The van der Waals surface area contributed by atoms with Crippen molar-refractivity contribution in [1.82, 2.24) is 15.1 Å². The summed E-state index contributed by atoms with van der Waals surface area (Å²) in [4.78, 5) is 17.3. The van der Waals surface area contributed by atoms with Crippen molar-refractivity contribution in [2.75, 3.05) is 39.8 Å². The van der Waals surface area contributed by atoms with Crippen molar-refractivity contribution in [2.24, 2.45) is 11.7 Å². The van der Waals surface area contributed by atoms with Gasteiger partial charge in [-0.05, 0) is 37.1 Å². The van der Waals surface area contributed by atoms with Gasteiger partial charge in [0.25, 0.3) is 5.91 Å². The fourth-order valence-corrected chi connectivity index (χ4v) is 3.13. The summed E-state index contributed by atoms with van der Waals surface area (Å²) in [7, 11) is 2.16. The maximum absolute atomic E-state index is 12.5. The summed E-state index contributed by atoms with van der Waals surface area (Å²) in [5.74, 6) is 0.494. The van der Waals surface area contributed by atoms with Crippen LogP contribution in [-0.2, 0) is 6.54 Å². The summed E-state index contributed by atoms with van der Waals surface area (Å²) in [5, 5.41) is 3.07. The topological polar surface area (TPSA) is 61.6 Å². The van der Waals surface area contributed by atoms with E-state index in [0.29, 0.717) is 12.5 Å². The molecule has 1 heterocycles.